The van der Waals surface area contributed by atoms with E-state index in [4.69, 9.17) is 21.1 Å². The van der Waals surface area contributed by atoms with E-state index in [-0.39, 0.29) is 0 Å². The van der Waals surface area contributed by atoms with Crippen LogP contribution in [-0.2, 0) is 6.42 Å². The highest BCUT2D eigenvalue weighted by molar-refractivity contribution is 6.32. The van der Waals surface area contributed by atoms with Crippen LogP contribution >= 0.6 is 11.6 Å². The number of hydrogen-bond acceptors (Lipinski definition) is 3. The molecule has 1 aromatic rings. The Morgan fingerprint density at radius 2 is 2.09 bits per heavy atom. The molecule has 2 rings (SSSR count). The highest BCUT2D eigenvalue weighted by Crippen LogP contribution is 2.38. The van der Waals surface area contributed by atoms with Crippen LogP contribution in [0, 0.1) is 0 Å². The Labute approximate surface area is 143 Å². The summed E-state index contributed by atoms with van der Waals surface area (Å²) in [6, 6.07) is 4.32. The van der Waals surface area contributed by atoms with Gasteiger partial charge in [-0.1, -0.05) is 18.5 Å². The van der Waals surface area contributed by atoms with E-state index < -0.39 is 0 Å². The van der Waals surface area contributed by atoms with Crippen LogP contribution in [0.5, 0.6) is 11.5 Å². The molecule has 0 aromatic heterocycles. The van der Waals surface area contributed by atoms with Gasteiger partial charge >= 0.3 is 0 Å². The lowest BCUT2D eigenvalue weighted by atomic mass is 10.1. The molecule has 0 spiro atoms. The molecule has 5 nitrogen and oxygen atoms in total. The predicted molar refractivity (Wildman–Crippen MR) is 95.0 cm³/mol. The van der Waals surface area contributed by atoms with Crippen molar-refractivity contribution in [2.24, 2.45) is 4.99 Å². The highest BCUT2D eigenvalue weighted by Gasteiger charge is 2.16. The Morgan fingerprint density at radius 1 is 1.30 bits per heavy atom. The van der Waals surface area contributed by atoms with Gasteiger partial charge in [-0.05, 0) is 44.4 Å². The van der Waals surface area contributed by atoms with Gasteiger partial charge in [0.05, 0.1) is 5.02 Å². The van der Waals surface area contributed by atoms with E-state index >= 15 is 0 Å². The highest BCUT2D eigenvalue weighted by atomic mass is 35.5. The van der Waals surface area contributed by atoms with Crippen molar-refractivity contribution in [3.63, 3.8) is 0 Å². The van der Waals surface area contributed by atoms with Crippen LogP contribution in [-0.4, -0.2) is 38.3 Å². The maximum absolute atomic E-state index is 6.26. The molecule has 0 saturated carbocycles. The summed E-state index contributed by atoms with van der Waals surface area (Å²) < 4.78 is 11.1. The summed E-state index contributed by atoms with van der Waals surface area (Å²) in [7, 11) is 0. The third-order valence-electron chi connectivity index (χ3n) is 3.67. The van der Waals surface area contributed by atoms with Crippen molar-refractivity contribution in [3.05, 3.63) is 22.7 Å². The van der Waals surface area contributed by atoms with E-state index in [2.05, 4.69) is 36.4 Å². The fourth-order valence-corrected chi connectivity index (χ4v) is 2.55. The summed E-state index contributed by atoms with van der Waals surface area (Å²) in [5.74, 6) is 2.23. The molecule has 1 unspecified atom stereocenters. The molecule has 128 valence electrons. The van der Waals surface area contributed by atoms with Crippen molar-refractivity contribution >= 4 is 17.6 Å². The number of guanidine groups is 1. The van der Waals surface area contributed by atoms with Crippen molar-refractivity contribution in [2.45, 2.75) is 39.7 Å². The van der Waals surface area contributed by atoms with Gasteiger partial charge in [0.2, 0.25) is 0 Å². The zero-order valence-electron chi connectivity index (χ0n) is 14.1. The number of fused-ring (bicyclic) bond motifs is 1. The number of ether oxygens (including phenoxy) is 2. The SMILES string of the molecule is CCNC(=NCCc1cc(Cl)c2c(c1)OCCO2)NC(C)CC. The summed E-state index contributed by atoms with van der Waals surface area (Å²) in [6.07, 6.45) is 1.86. The fourth-order valence-electron chi connectivity index (χ4n) is 2.26. The standard InChI is InChI=1S/C17H26ClN3O2/c1-4-12(3)21-17(19-5-2)20-7-6-13-10-14(18)16-15(11-13)22-8-9-23-16/h10-12H,4-9H2,1-3H3,(H2,19,20,21). The molecule has 0 bridgehead atoms. The summed E-state index contributed by atoms with van der Waals surface area (Å²) >= 11 is 6.26. The number of rotatable bonds is 6. The minimum Gasteiger partial charge on any atom is -0.486 e. The molecule has 0 saturated heterocycles. The van der Waals surface area contributed by atoms with Crippen LogP contribution in [0.4, 0.5) is 0 Å². The summed E-state index contributed by atoms with van der Waals surface area (Å²) in [4.78, 5) is 4.62. The van der Waals surface area contributed by atoms with E-state index in [1.807, 2.05) is 12.1 Å². The average molecular weight is 340 g/mol. The molecular formula is C17H26ClN3O2. The van der Waals surface area contributed by atoms with Gasteiger partial charge in [0.15, 0.2) is 17.5 Å². The second kappa shape index (κ2) is 8.87. The lowest BCUT2D eigenvalue weighted by Crippen LogP contribution is -2.42. The summed E-state index contributed by atoms with van der Waals surface area (Å²) in [5.41, 5.74) is 1.10. The van der Waals surface area contributed by atoms with Gasteiger partial charge in [-0.25, -0.2) is 0 Å². The van der Waals surface area contributed by atoms with Gasteiger partial charge in [0.1, 0.15) is 13.2 Å². The van der Waals surface area contributed by atoms with E-state index in [1.54, 1.807) is 0 Å². The molecule has 23 heavy (non-hydrogen) atoms. The number of halogens is 1. The van der Waals surface area contributed by atoms with Crippen LogP contribution in [0.1, 0.15) is 32.8 Å². The van der Waals surface area contributed by atoms with Crippen LogP contribution < -0.4 is 20.1 Å². The molecule has 0 fully saturated rings. The fraction of sp³-hybridized carbons (Fsp3) is 0.588. The number of benzene rings is 1. The maximum Gasteiger partial charge on any atom is 0.191 e. The molecule has 1 aliphatic rings. The molecule has 2 N–H and O–H groups in total. The van der Waals surface area contributed by atoms with E-state index in [9.17, 15) is 0 Å². The molecule has 1 aliphatic heterocycles. The first-order valence-corrected chi connectivity index (χ1v) is 8.64. The molecule has 1 aromatic carbocycles. The molecule has 0 aliphatic carbocycles. The second-order valence-corrected chi connectivity index (χ2v) is 5.97. The quantitative estimate of drug-likeness (QED) is 0.618. The first-order chi connectivity index (χ1) is 11.1. The number of nitrogens with zero attached hydrogens (tertiary/aromatic N) is 1. The molecular weight excluding hydrogens is 314 g/mol. The monoisotopic (exact) mass is 339 g/mol. The third-order valence-corrected chi connectivity index (χ3v) is 3.95. The molecule has 6 heteroatoms. The van der Waals surface area contributed by atoms with Crippen LogP contribution in [0.3, 0.4) is 0 Å². The first-order valence-electron chi connectivity index (χ1n) is 8.26. The number of hydrogen-bond donors (Lipinski definition) is 2. The third kappa shape index (κ3) is 5.20. The van der Waals surface area contributed by atoms with E-state index in [1.165, 1.54) is 0 Å². The van der Waals surface area contributed by atoms with Crippen molar-refractivity contribution in [1.82, 2.24) is 10.6 Å². The van der Waals surface area contributed by atoms with Crippen LogP contribution in [0.25, 0.3) is 0 Å². The predicted octanol–water partition coefficient (Wildman–Crippen LogP) is 3.01. The van der Waals surface area contributed by atoms with E-state index in [0.717, 1.165) is 36.7 Å². The lowest BCUT2D eigenvalue weighted by molar-refractivity contribution is 0.171. The topological polar surface area (TPSA) is 54.9 Å². The number of nitrogens with one attached hydrogen (secondary N) is 2. The molecule has 1 heterocycles. The summed E-state index contributed by atoms with van der Waals surface area (Å²) in [6.45, 7) is 9.00. The maximum atomic E-state index is 6.26. The smallest absolute Gasteiger partial charge is 0.191 e. The van der Waals surface area contributed by atoms with Crippen molar-refractivity contribution in [1.29, 1.82) is 0 Å². The van der Waals surface area contributed by atoms with Crippen LogP contribution in [0.15, 0.2) is 17.1 Å². The number of aliphatic imine (C=N–C) groups is 1. The minimum atomic E-state index is 0.400. The largest absolute Gasteiger partial charge is 0.486 e. The molecule has 0 amide bonds. The average Bonchev–Trinajstić information content (AvgIpc) is 2.55. The first kappa shape index (κ1) is 17.7. The zero-order chi connectivity index (χ0) is 16.7. The normalized spacial score (nSPS) is 15.2. The lowest BCUT2D eigenvalue weighted by Gasteiger charge is -2.20. The Hall–Kier alpha value is -1.62. The Balaban J connectivity index is 1.98. The van der Waals surface area contributed by atoms with Gasteiger partial charge < -0.3 is 20.1 Å². The van der Waals surface area contributed by atoms with Gasteiger partial charge in [-0.2, -0.15) is 0 Å². The Morgan fingerprint density at radius 3 is 2.83 bits per heavy atom. The van der Waals surface area contributed by atoms with Gasteiger partial charge in [-0.3, -0.25) is 4.99 Å². The van der Waals surface area contributed by atoms with Gasteiger partial charge in [-0.15, -0.1) is 0 Å². The van der Waals surface area contributed by atoms with Gasteiger partial charge in [0.25, 0.3) is 0 Å². The summed E-state index contributed by atoms with van der Waals surface area (Å²) in [5, 5.41) is 7.25. The Kier molecular flexibility index (Phi) is 6.84. The van der Waals surface area contributed by atoms with Gasteiger partial charge in [0, 0.05) is 19.1 Å². The Bertz CT molecular complexity index is 549. The second-order valence-electron chi connectivity index (χ2n) is 5.57. The van der Waals surface area contributed by atoms with E-state index in [0.29, 0.717) is 36.6 Å². The minimum absolute atomic E-state index is 0.400. The zero-order valence-corrected chi connectivity index (χ0v) is 14.9. The molecule has 1 atom stereocenters. The molecule has 0 radical (unpaired) electrons. The van der Waals surface area contributed by atoms with Crippen molar-refractivity contribution in [3.8, 4) is 11.5 Å². The van der Waals surface area contributed by atoms with Crippen molar-refractivity contribution in [2.75, 3.05) is 26.3 Å². The van der Waals surface area contributed by atoms with Crippen molar-refractivity contribution < 1.29 is 9.47 Å². The van der Waals surface area contributed by atoms with Crippen LogP contribution in [0.2, 0.25) is 5.02 Å².